The van der Waals surface area contributed by atoms with E-state index in [2.05, 4.69) is 26.1 Å². The third-order valence-electron chi connectivity index (χ3n) is 2.51. The zero-order chi connectivity index (χ0) is 11.5. The Morgan fingerprint density at radius 2 is 1.73 bits per heavy atom. The molecule has 1 unspecified atom stereocenters. The van der Waals surface area contributed by atoms with Crippen LogP contribution >= 0.6 is 0 Å². The minimum Gasteiger partial charge on any atom is -0.379 e. The van der Waals surface area contributed by atoms with Crippen LogP contribution in [-0.2, 0) is 9.47 Å². The van der Waals surface area contributed by atoms with Gasteiger partial charge >= 0.3 is 0 Å². The molecule has 1 atom stereocenters. The number of ether oxygens (including phenoxy) is 2. The van der Waals surface area contributed by atoms with Crippen molar-refractivity contribution in [1.82, 2.24) is 5.32 Å². The van der Waals surface area contributed by atoms with Crippen molar-refractivity contribution in [2.24, 2.45) is 0 Å². The van der Waals surface area contributed by atoms with Crippen LogP contribution in [0.25, 0.3) is 0 Å². The molecule has 0 saturated heterocycles. The molecule has 0 heterocycles. The summed E-state index contributed by atoms with van der Waals surface area (Å²) in [7, 11) is 0. The Morgan fingerprint density at radius 1 is 1.07 bits per heavy atom. The summed E-state index contributed by atoms with van der Waals surface area (Å²) in [6, 6.07) is 0.628. The molecular formula is C12H27NO2. The van der Waals surface area contributed by atoms with Crippen molar-refractivity contribution in [2.75, 3.05) is 26.4 Å². The Balaban J connectivity index is 3.35. The fourth-order valence-electron chi connectivity index (χ4n) is 1.42. The van der Waals surface area contributed by atoms with Gasteiger partial charge in [0, 0.05) is 19.2 Å². The van der Waals surface area contributed by atoms with Gasteiger partial charge in [0.25, 0.3) is 0 Å². The lowest BCUT2D eigenvalue weighted by molar-refractivity contribution is 0.0148. The van der Waals surface area contributed by atoms with Gasteiger partial charge in [-0.15, -0.1) is 0 Å². The van der Waals surface area contributed by atoms with Gasteiger partial charge in [0.2, 0.25) is 0 Å². The van der Waals surface area contributed by atoms with Crippen LogP contribution in [0.4, 0.5) is 0 Å². The summed E-state index contributed by atoms with van der Waals surface area (Å²) in [4.78, 5) is 0. The standard InChI is InChI=1S/C12H27NO2/c1-5-12(6-2)13-10-11(4)15-9-8-14-7-3/h11-13H,5-10H2,1-4H3. The summed E-state index contributed by atoms with van der Waals surface area (Å²) in [5, 5.41) is 3.49. The Morgan fingerprint density at radius 3 is 2.27 bits per heavy atom. The summed E-state index contributed by atoms with van der Waals surface area (Å²) in [5.41, 5.74) is 0. The molecule has 3 heteroatoms. The first-order valence-corrected chi connectivity index (χ1v) is 6.17. The van der Waals surface area contributed by atoms with E-state index in [0.29, 0.717) is 19.3 Å². The maximum absolute atomic E-state index is 5.60. The minimum atomic E-state index is 0.269. The van der Waals surface area contributed by atoms with Crippen molar-refractivity contribution in [3.05, 3.63) is 0 Å². The van der Waals surface area contributed by atoms with Gasteiger partial charge in [-0.05, 0) is 26.7 Å². The Bertz CT molecular complexity index is 127. The van der Waals surface area contributed by atoms with Gasteiger partial charge in [0.1, 0.15) is 0 Å². The first-order chi connectivity index (χ1) is 7.24. The first-order valence-electron chi connectivity index (χ1n) is 6.17. The largest absolute Gasteiger partial charge is 0.379 e. The molecular weight excluding hydrogens is 190 g/mol. The maximum Gasteiger partial charge on any atom is 0.0704 e. The van der Waals surface area contributed by atoms with Crippen LogP contribution < -0.4 is 5.32 Å². The molecule has 3 nitrogen and oxygen atoms in total. The second-order valence-electron chi connectivity index (χ2n) is 3.80. The van der Waals surface area contributed by atoms with Crippen molar-refractivity contribution < 1.29 is 9.47 Å². The first kappa shape index (κ1) is 14.9. The van der Waals surface area contributed by atoms with Gasteiger partial charge < -0.3 is 14.8 Å². The smallest absolute Gasteiger partial charge is 0.0704 e. The van der Waals surface area contributed by atoms with Gasteiger partial charge in [-0.3, -0.25) is 0 Å². The van der Waals surface area contributed by atoms with E-state index in [4.69, 9.17) is 9.47 Å². The molecule has 0 radical (unpaired) electrons. The van der Waals surface area contributed by atoms with Crippen molar-refractivity contribution in [2.45, 2.75) is 52.7 Å². The molecule has 0 aliphatic carbocycles. The van der Waals surface area contributed by atoms with Gasteiger partial charge in [-0.1, -0.05) is 13.8 Å². The van der Waals surface area contributed by atoms with E-state index in [0.717, 1.165) is 13.2 Å². The fourth-order valence-corrected chi connectivity index (χ4v) is 1.42. The number of hydrogen-bond acceptors (Lipinski definition) is 3. The second kappa shape index (κ2) is 10.4. The van der Waals surface area contributed by atoms with Crippen LogP contribution in [0.2, 0.25) is 0 Å². The molecule has 0 fully saturated rings. The van der Waals surface area contributed by atoms with Crippen molar-refractivity contribution in [3.63, 3.8) is 0 Å². The van der Waals surface area contributed by atoms with E-state index in [-0.39, 0.29) is 6.10 Å². The number of nitrogens with one attached hydrogen (secondary N) is 1. The highest BCUT2D eigenvalue weighted by Gasteiger charge is 2.06. The topological polar surface area (TPSA) is 30.5 Å². The third-order valence-corrected chi connectivity index (χ3v) is 2.51. The molecule has 92 valence electrons. The number of hydrogen-bond donors (Lipinski definition) is 1. The zero-order valence-electron chi connectivity index (χ0n) is 10.7. The monoisotopic (exact) mass is 217 g/mol. The van der Waals surface area contributed by atoms with E-state index in [1.165, 1.54) is 12.8 Å². The second-order valence-corrected chi connectivity index (χ2v) is 3.80. The van der Waals surface area contributed by atoms with Gasteiger partial charge in [0.15, 0.2) is 0 Å². The van der Waals surface area contributed by atoms with Crippen LogP contribution in [0, 0.1) is 0 Å². The quantitative estimate of drug-likeness (QED) is 0.569. The molecule has 0 aliphatic rings. The third kappa shape index (κ3) is 8.85. The molecule has 0 rings (SSSR count). The van der Waals surface area contributed by atoms with Gasteiger partial charge in [-0.2, -0.15) is 0 Å². The highest BCUT2D eigenvalue weighted by atomic mass is 16.5. The summed E-state index contributed by atoms with van der Waals surface area (Å²) in [5.74, 6) is 0. The van der Waals surface area contributed by atoms with Crippen LogP contribution in [0.1, 0.15) is 40.5 Å². The van der Waals surface area contributed by atoms with Crippen LogP contribution in [0.3, 0.4) is 0 Å². The maximum atomic E-state index is 5.60. The molecule has 0 spiro atoms. The lowest BCUT2D eigenvalue weighted by Gasteiger charge is -2.19. The summed E-state index contributed by atoms with van der Waals surface area (Å²) < 4.78 is 10.8. The molecule has 0 aliphatic heterocycles. The van der Waals surface area contributed by atoms with Crippen molar-refractivity contribution >= 4 is 0 Å². The fraction of sp³-hybridized carbons (Fsp3) is 1.00. The molecule has 0 aromatic rings. The molecule has 0 saturated carbocycles. The van der Waals surface area contributed by atoms with E-state index >= 15 is 0 Å². The molecule has 0 aromatic carbocycles. The zero-order valence-corrected chi connectivity index (χ0v) is 10.7. The Kier molecular flexibility index (Phi) is 10.3. The van der Waals surface area contributed by atoms with Crippen LogP contribution in [-0.4, -0.2) is 38.5 Å². The predicted molar refractivity (Wildman–Crippen MR) is 64.3 cm³/mol. The normalized spacial score (nSPS) is 13.4. The van der Waals surface area contributed by atoms with E-state index in [1.807, 2.05) is 6.92 Å². The van der Waals surface area contributed by atoms with Gasteiger partial charge in [0.05, 0.1) is 19.3 Å². The molecule has 0 aromatic heterocycles. The van der Waals surface area contributed by atoms with Crippen LogP contribution in [0.5, 0.6) is 0 Å². The summed E-state index contributed by atoms with van der Waals surface area (Å²) in [6.07, 6.45) is 2.63. The lowest BCUT2D eigenvalue weighted by atomic mass is 10.1. The average Bonchev–Trinajstić information content (AvgIpc) is 2.26. The highest BCUT2D eigenvalue weighted by Crippen LogP contribution is 1.97. The van der Waals surface area contributed by atoms with Gasteiger partial charge in [-0.25, -0.2) is 0 Å². The molecule has 15 heavy (non-hydrogen) atoms. The molecule has 0 amide bonds. The predicted octanol–water partition coefficient (Wildman–Crippen LogP) is 2.21. The lowest BCUT2D eigenvalue weighted by Crippen LogP contribution is -2.35. The molecule has 0 bridgehead atoms. The minimum absolute atomic E-state index is 0.269. The number of rotatable bonds is 10. The molecule has 1 N–H and O–H groups in total. The van der Waals surface area contributed by atoms with Crippen molar-refractivity contribution in [1.29, 1.82) is 0 Å². The van der Waals surface area contributed by atoms with Crippen LogP contribution in [0.15, 0.2) is 0 Å². The Labute approximate surface area is 94.5 Å². The Hall–Kier alpha value is -0.120. The van der Waals surface area contributed by atoms with Crippen molar-refractivity contribution in [3.8, 4) is 0 Å². The average molecular weight is 217 g/mol. The highest BCUT2D eigenvalue weighted by molar-refractivity contribution is 4.64. The van der Waals surface area contributed by atoms with E-state index in [1.54, 1.807) is 0 Å². The summed E-state index contributed by atoms with van der Waals surface area (Å²) in [6.45, 7) is 11.6. The summed E-state index contributed by atoms with van der Waals surface area (Å²) >= 11 is 0. The van der Waals surface area contributed by atoms with E-state index < -0.39 is 0 Å². The SMILES string of the molecule is CCOCCOC(C)CNC(CC)CC. The van der Waals surface area contributed by atoms with E-state index in [9.17, 15) is 0 Å².